The van der Waals surface area contributed by atoms with E-state index in [4.69, 9.17) is 27.9 Å². The van der Waals surface area contributed by atoms with Crippen molar-refractivity contribution >= 4 is 45.7 Å². The molecule has 1 amide bonds. The number of carbonyl (C=O) groups excluding carboxylic acids is 1. The molecule has 27 heavy (non-hydrogen) atoms. The molecule has 0 bridgehead atoms. The van der Waals surface area contributed by atoms with Gasteiger partial charge in [-0.15, -0.1) is 0 Å². The normalized spacial score (nSPS) is 10.9. The summed E-state index contributed by atoms with van der Waals surface area (Å²) in [4.78, 5) is 16.9. The van der Waals surface area contributed by atoms with E-state index in [1.165, 1.54) is 0 Å². The SMILES string of the molecule is Cc1cc(C)c(NC(=O)COc2c(Cl)cc(Cl)c3ccc(C)nc23)c(C)c1. The van der Waals surface area contributed by atoms with E-state index in [2.05, 4.69) is 10.3 Å². The van der Waals surface area contributed by atoms with Gasteiger partial charge in [-0.3, -0.25) is 4.79 Å². The van der Waals surface area contributed by atoms with E-state index in [0.29, 0.717) is 21.3 Å². The fraction of sp³-hybridized carbons (Fsp3) is 0.238. The maximum atomic E-state index is 12.4. The number of pyridine rings is 1. The van der Waals surface area contributed by atoms with Crippen molar-refractivity contribution < 1.29 is 9.53 Å². The highest BCUT2D eigenvalue weighted by molar-refractivity contribution is 6.39. The number of benzene rings is 2. The lowest BCUT2D eigenvalue weighted by Gasteiger charge is -2.15. The molecule has 0 aliphatic rings. The molecule has 140 valence electrons. The summed E-state index contributed by atoms with van der Waals surface area (Å²) in [6.07, 6.45) is 0. The van der Waals surface area contributed by atoms with Gasteiger partial charge >= 0.3 is 0 Å². The molecule has 2 aromatic carbocycles. The number of aryl methyl sites for hydroxylation is 4. The van der Waals surface area contributed by atoms with Gasteiger partial charge < -0.3 is 10.1 Å². The smallest absolute Gasteiger partial charge is 0.262 e. The minimum atomic E-state index is -0.267. The molecule has 1 aromatic heterocycles. The molecule has 0 atom stereocenters. The van der Waals surface area contributed by atoms with Gasteiger partial charge in [-0.1, -0.05) is 40.9 Å². The van der Waals surface area contributed by atoms with Crippen LogP contribution < -0.4 is 10.1 Å². The molecule has 1 N–H and O–H groups in total. The molecule has 0 aliphatic heterocycles. The molecule has 6 heteroatoms. The van der Waals surface area contributed by atoms with Crippen LogP contribution in [0.4, 0.5) is 5.69 Å². The number of hydrogen-bond acceptors (Lipinski definition) is 3. The van der Waals surface area contributed by atoms with Gasteiger partial charge in [0.2, 0.25) is 0 Å². The van der Waals surface area contributed by atoms with E-state index in [0.717, 1.165) is 33.5 Å². The van der Waals surface area contributed by atoms with Crippen LogP contribution in [0.3, 0.4) is 0 Å². The first-order valence-electron chi connectivity index (χ1n) is 8.52. The molecule has 0 saturated heterocycles. The Morgan fingerprint density at radius 2 is 1.70 bits per heavy atom. The number of anilines is 1. The molecule has 0 fully saturated rings. The maximum Gasteiger partial charge on any atom is 0.262 e. The summed E-state index contributed by atoms with van der Waals surface area (Å²) in [5.41, 5.74) is 5.32. The van der Waals surface area contributed by atoms with E-state index >= 15 is 0 Å². The Bertz CT molecular complexity index is 1030. The topological polar surface area (TPSA) is 51.2 Å². The molecule has 1 heterocycles. The summed E-state index contributed by atoms with van der Waals surface area (Å²) in [6.45, 7) is 7.64. The minimum absolute atomic E-state index is 0.182. The van der Waals surface area contributed by atoms with Crippen molar-refractivity contribution in [3.63, 3.8) is 0 Å². The van der Waals surface area contributed by atoms with Gasteiger partial charge in [0, 0.05) is 16.8 Å². The van der Waals surface area contributed by atoms with Gasteiger partial charge in [0.05, 0.1) is 10.0 Å². The zero-order valence-electron chi connectivity index (χ0n) is 15.6. The highest BCUT2D eigenvalue weighted by Gasteiger charge is 2.15. The predicted molar refractivity (Wildman–Crippen MR) is 111 cm³/mol. The standard InChI is InChI=1S/C21H20Cl2N2O2/c1-11-7-12(2)19(13(3)8-11)25-18(26)10-27-21-17(23)9-16(22)15-6-5-14(4)24-20(15)21/h5-9H,10H2,1-4H3,(H,25,26). The molecular formula is C21H20Cl2N2O2. The average molecular weight is 403 g/mol. The van der Waals surface area contributed by atoms with Crippen LogP contribution in [-0.2, 0) is 4.79 Å². The Morgan fingerprint density at radius 3 is 2.37 bits per heavy atom. The molecule has 0 radical (unpaired) electrons. The second-order valence-corrected chi connectivity index (χ2v) is 7.44. The minimum Gasteiger partial charge on any atom is -0.480 e. The first-order valence-corrected chi connectivity index (χ1v) is 9.27. The van der Waals surface area contributed by atoms with Gasteiger partial charge in [-0.25, -0.2) is 4.98 Å². The lowest BCUT2D eigenvalue weighted by molar-refractivity contribution is -0.118. The van der Waals surface area contributed by atoms with Crippen molar-refractivity contribution in [2.45, 2.75) is 27.7 Å². The van der Waals surface area contributed by atoms with E-state index in [1.54, 1.807) is 6.07 Å². The van der Waals surface area contributed by atoms with Crippen LogP contribution in [0.2, 0.25) is 10.0 Å². The Kier molecular flexibility index (Phi) is 5.59. The number of amides is 1. The van der Waals surface area contributed by atoms with E-state index in [-0.39, 0.29) is 12.5 Å². The number of rotatable bonds is 4. The summed E-state index contributed by atoms with van der Waals surface area (Å²) >= 11 is 12.5. The zero-order valence-corrected chi connectivity index (χ0v) is 17.1. The van der Waals surface area contributed by atoms with Crippen LogP contribution in [0.15, 0.2) is 30.3 Å². The van der Waals surface area contributed by atoms with E-state index < -0.39 is 0 Å². The Labute approximate surface area is 168 Å². The van der Waals surface area contributed by atoms with Crippen LogP contribution in [0, 0.1) is 27.7 Å². The summed E-state index contributed by atoms with van der Waals surface area (Å²) in [5, 5.41) is 4.45. The number of carbonyl (C=O) groups is 1. The largest absolute Gasteiger partial charge is 0.480 e. The third-order valence-corrected chi connectivity index (χ3v) is 4.86. The number of nitrogens with one attached hydrogen (secondary N) is 1. The van der Waals surface area contributed by atoms with Crippen molar-refractivity contribution in [2.75, 3.05) is 11.9 Å². The van der Waals surface area contributed by atoms with Crippen LogP contribution in [-0.4, -0.2) is 17.5 Å². The molecule has 0 aliphatic carbocycles. The molecule has 4 nitrogen and oxygen atoms in total. The molecule has 0 saturated carbocycles. The number of fused-ring (bicyclic) bond motifs is 1. The summed E-state index contributed by atoms with van der Waals surface area (Å²) in [5.74, 6) is 0.0872. The summed E-state index contributed by atoms with van der Waals surface area (Å²) < 4.78 is 5.73. The number of ether oxygens (including phenoxy) is 1. The maximum absolute atomic E-state index is 12.4. The Balaban J connectivity index is 1.83. The average Bonchev–Trinajstić information content (AvgIpc) is 2.57. The molecule has 0 unspecified atom stereocenters. The fourth-order valence-electron chi connectivity index (χ4n) is 3.12. The predicted octanol–water partition coefficient (Wildman–Crippen LogP) is 5.79. The highest BCUT2D eigenvalue weighted by Crippen LogP contribution is 2.37. The van der Waals surface area contributed by atoms with E-state index in [9.17, 15) is 4.79 Å². The van der Waals surface area contributed by atoms with Crippen molar-refractivity contribution in [3.05, 3.63) is 62.8 Å². The number of halogens is 2. The van der Waals surface area contributed by atoms with Crippen molar-refractivity contribution in [1.29, 1.82) is 0 Å². The van der Waals surface area contributed by atoms with Crippen molar-refractivity contribution in [1.82, 2.24) is 4.98 Å². The number of aromatic nitrogens is 1. The third kappa shape index (κ3) is 4.18. The number of nitrogens with zero attached hydrogens (tertiary/aromatic N) is 1. The molecule has 3 rings (SSSR count). The molecule has 0 spiro atoms. The van der Waals surface area contributed by atoms with Crippen LogP contribution in [0.25, 0.3) is 10.9 Å². The first kappa shape index (κ1) is 19.5. The van der Waals surface area contributed by atoms with Gasteiger partial charge in [0.1, 0.15) is 5.52 Å². The first-order chi connectivity index (χ1) is 12.8. The third-order valence-electron chi connectivity index (χ3n) is 4.27. The fourth-order valence-corrected chi connectivity index (χ4v) is 3.69. The van der Waals surface area contributed by atoms with Gasteiger partial charge in [-0.2, -0.15) is 0 Å². The number of hydrogen-bond donors (Lipinski definition) is 1. The highest BCUT2D eigenvalue weighted by atomic mass is 35.5. The van der Waals surface area contributed by atoms with Crippen molar-refractivity contribution in [3.8, 4) is 5.75 Å². The van der Waals surface area contributed by atoms with Crippen LogP contribution in [0.1, 0.15) is 22.4 Å². The zero-order chi connectivity index (χ0) is 19.7. The summed E-state index contributed by atoms with van der Waals surface area (Å²) in [6, 6.07) is 9.38. The van der Waals surface area contributed by atoms with Crippen LogP contribution >= 0.6 is 23.2 Å². The molecular weight excluding hydrogens is 383 g/mol. The Morgan fingerprint density at radius 1 is 1.04 bits per heavy atom. The Hall–Kier alpha value is -2.30. The van der Waals surface area contributed by atoms with Crippen LogP contribution in [0.5, 0.6) is 5.75 Å². The van der Waals surface area contributed by atoms with Gasteiger partial charge in [0.25, 0.3) is 5.91 Å². The lowest BCUT2D eigenvalue weighted by Crippen LogP contribution is -2.21. The second kappa shape index (κ2) is 7.75. The van der Waals surface area contributed by atoms with Crippen molar-refractivity contribution in [2.24, 2.45) is 0 Å². The molecule has 3 aromatic rings. The van der Waals surface area contributed by atoms with Gasteiger partial charge in [-0.05, 0) is 57.0 Å². The van der Waals surface area contributed by atoms with E-state index in [1.807, 2.05) is 52.0 Å². The lowest BCUT2D eigenvalue weighted by atomic mass is 10.1. The second-order valence-electron chi connectivity index (χ2n) is 6.63. The monoisotopic (exact) mass is 402 g/mol. The summed E-state index contributed by atoms with van der Waals surface area (Å²) in [7, 11) is 0. The quantitative estimate of drug-likeness (QED) is 0.600. The van der Waals surface area contributed by atoms with Gasteiger partial charge in [0.15, 0.2) is 12.4 Å².